The van der Waals surface area contributed by atoms with Gasteiger partial charge in [0.15, 0.2) is 0 Å². The lowest BCUT2D eigenvalue weighted by molar-refractivity contribution is 0.183. The standard InChI is InChI=1S/C21H33ClN2/c1-15(2)14-21(23-20-8-6-19(22)7-9-20)17(5)24-12-10-18(11-13-24)16(3)4/h6-9,15-16,18,21,23H,5,10-14H2,1-4H3/t21-/m0/s1. The van der Waals surface area contributed by atoms with Gasteiger partial charge in [-0.3, -0.25) is 0 Å². The predicted molar refractivity (Wildman–Crippen MR) is 107 cm³/mol. The van der Waals surface area contributed by atoms with Crippen molar-refractivity contribution in [1.82, 2.24) is 4.90 Å². The molecule has 1 N–H and O–H groups in total. The Hall–Kier alpha value is -1.15. The molecule has 1 heterocycles. The SMILES string of the molecule is C=C([C@H](CC(C)C)Nc1ccc(Cl)cc1)N1CCC(C(C)C)CC1. The Bertz CT molecular complexity index is 513. The van der Waals surface area contributed by atoms with E-state index in [4.69, 9.17) is 11.6 Å². The van der Waals surface area contributed by atoms with Gasteiger partial charge >= 0.3 is 0 Å². The van der Waals surface area contributed by atoms with E-state index in [-0.39, 0.29) is 6.04 Å². The van der Waals surface area contributed by atoms with Gasteiger partial charge in [-0.05, 0) is 61.3 Å². The predicted octanol–water partition coefficient (Wildman–Crippen LogP) is 6.05. The lowest BCUT2D eigenvalue weighted by Gasteiger charge is -2.39. The van der Waals surface area contributed by atoms with Gasteiger partial charge in [0, 0.05) is 29.5 Å². The second-order valence-corrected chi connectivity index (χ2v) is 8.33. The van der Waals surface area contributed by atoms with Crippen LogP contribution in [0, 0.1) is 17.8 Å². The summed E-state index contributed by atoms with van der Waals surface area (Å²) in [5.41, 5.74) is 2.35. The van der Waals surface area contributed by atoms with Gasteiger partial charge < -0.3 is 10.2 Å². The number of anilines is 1. The molecule has 1 fully saturated rings. The van der Waals surface area contributed by atoms with Crippen LogP contribution in [0.5, 0.6) is 0 Å². The van der Waals surface area contributed by atoms with Crippen LogP contribution in [-0.2, 0) is 0 Å². The highest BCUT2D eigenvalue weighted by molar-refractivity contribution is 6.30. The van der Waals surface area contributed by atoms with E-state index in [1.807, 2.05) is 24.3 Å². The van der Waals surface area contributed by atoms with E-state index in [9.17, 15) is 0 Å². The highest BCUT2D eigenvalue weighted by Gasteiger charge is 2.25. The second kappa shape index (κ2) is 8.80. The molecule has 2 rings (SSSR count). The van der Waals surface area contributed by atoms with Gasteiger partial charge in [0.2, 0.25) is 0 Å². The Morgan fingerprint density at radius 2 is 1.75 bits per heavy atom. The third kappa shape index (κ3) is 5.44. The molecule has 0 aliphatic carbocycles. The first kappa shape index (κ1) is 19.2. The van der Waals surface area contributed by atoms with E-state index in [0.29, 0.717) is 5.92 Å². The normalized spacial score (nSPS) is 17.4. The molecule has 0 amide bonds. The summed E-state index contributed by atoms with van der Waals surface area (Å²) >= 11 is 6.00. The van der Waals surface area contributed by atoms with Crippen LogP contribution in [0.15, 0.2) is 36.5 Å². The Labute approximate surface area is 153 Å². The zero-order chi connectivity index (χ0) is 17.7. The number of hydrogen-bond acceptors (Lipinski definition) is 2. The minimum absolute atomic E-state index is 0.279. The first-order valence-corrected chi connectivity index (χ1v) is 9.70. The monoisotopic (exact) mass is 348 g/mol. The van der Waals surface area contributed by atoms with Crippen LogP contribution < -0.4 is 5.32 Å². The van der Waals surface area contributed by atoms with Crippen molar-refractivity contribution in [3.05, 3.63) is 41.6 Å². The first-order chi connectivity index (χ1) is 11.4. The molecule has 0 unspecified atom stereocenters. The van der Waals surface area contributed by atoms with Crippen LogP contribution in [0.1, 0.15) is 47.0 Å². The van der Waals surface area contributed by atoms with Crippen molar-refractivity contribution in [2.75, 3.05) is 18.4 Å². The molecule has 0 bridgehead atoms. The number of nitrogens with zero attached hydrogens (tertiary/aromatic N) is 1. The summed E-state index contributed by atoms with van der Waals surface area (Å²) in [6.07, 6.45) is 3.66. The highest BCUT2D eigenvalue weighted by atomic mass is 35.5. The zero-order valence-electron chi connectivity index (χ0n) is 15.7. The van der Waals surface area contributed by atoms with Crippen LogP contribution in [0.2, 0.25) is 5.02 Å². The summed E-state index contributed by atoms with van der Waals surface area (Å²) in [5.74, 6) is 2.28. The smallest absolute Gasteiger partial charge is 0.0658 e. The van der Waals surface area contributed by atoms with E-state index in [1.54, 1.807) is 0 Å². The first-order valence-electron chi connectivity index (χ1n) is 9.32. The average molecular weight is 349 g/mol. The third-order valence-electron chi connectivity index (χ3n) is 5.18. The Balaban J connectivity index is 2.01. The Kier molecular flexibility index (Phi) is 7.03. The van der Waals surface area contributed by atoms with Crippen molar-refractivity contribution >= 4 is 17.3 Å². The molecule has 1 aliphatic rings. The summed E-state index contributed by atoms with van der Waals surface area (Å²) in [6, 6.07) is 8.25. The van der Waals surface area contributed by atoms with Gasteiger partial charge in [0.1, 0.15) is 0 Å². The van der Waals surface area contributed by atoms with Crippen molar-refractivity contribution < 1.29 is 0 Å². The summed E-state index contributed by atoms with van der Waals surface area (Å²) in [5, 5.41) is 4.44. The van der Waals surface area contributed by atoms with Gasteiger partial charge in [-0.15, -0.1) is 0 Å². The average Bonchev–Trinajstić information content (AvgIpc) is 2.55. The molecular weight excluding hydrogens is 316 g/mol. The molecule has 0 aromatic heterocycles. The number of likely N-dealkylation sites (tertiary alicyclic amines) is 1. The zero-order valence-corrected chi connectivity index (χ0v) is 16.4. The van der Waals surface area contributed by atoms with Gasteiger partial charge in [-0.1, -0.05) is 45.9 Å². The maximum atomic E-state index is 6.00. The molecular formula is C21H33ClN2. The van der Waals surface area contributed by atoms with E-state index in [1.165, 1.54) is 18.5 Å². The third-order valence-corrected chi connectivity index (χ3v) is 5.44. The maximum absolute atomic E-state index is 6.00. The van der Waals surface area contributed by atoms with Crippen LogP contribution in [0.4, 0.5) is 5.69 Å². The fourth-order valence-electron chi connectivity index (χ4n) is 3.57. The van der Waals surface area contributed by atoms with Crippen LogP contribution in [0.3, 0.4) is 0 Å². The second-order valence-electron chi connectivity index (χ2n) is 7.89. The number of piperidine rings is 1. The summed E-state index contributed by atoms with van der Waals surface area (Å²) in [6.45, 7) is 16.0. The highest BCUT2D eigenvalue weighted by Crippen LogP contribution is 2.29. The minimum Gasteiger partial charge on any atom is -0.377 e. The van der Waals surface area contributed by atoms with Crippen LogP contribution in [0.25, 0.3) is 0 Å². The lowest BCUT2D eigenvalue weighted by atomic mass is 9.86. The molecule has 134 valence electrons. The molecule has 3 heteroatoms. The number of rotatable bonds is 7. The van der Waals surface area contributed by atoms with E-state index in [2.05, 4.69) is 44.5 Å². The van der Waals surface area contributed by atoms with Crippen molar-refractivity contribution in [3.63, 3.8) is 0 Å². The number of hydrogen-bond donors (Lipinski definition) is 1. The van der Waals surface area contributed by atoms with Crippen molar-refractivity contribution in [3.8, 4) is 0 Å². The van der Waals surface area contributed by atoms with Gasteiger partial charge in [-0.2, -0.15) is 0 Å². The van der Waals surface area contributed by atoms with Gasteiger partial charge in [0.05, 0.1) is 6.04 Å². The lowest BCUT2D eigenvalue weighted by Crippen LogP contribution is -2.40. The molecule has 0 spiro atoms. The largest absolute Gasteiger partial charge is 0.377 e. The Morgan fingerprint density at radius 3 is 2.25 bits per heavy atom. The van der Waals surface area contributed by atoms with Gasteiger partial charge in [0.25, 0.3) is 0 Å². The molecule has 1 aromatic rings. The quantitative estimate of drug-likeness (QED) is 0.645. The van der Waals surface area contributed by atoms with Crippen molar-refractivity contribution in [1.29, 1.82) is 0 Å². The number of nitrogens with one attached hydrogen (secondary N) is 1. The van der Waals surface area contributed by atoms with Crippen molar-refractivity contribution in [2.24, 2.45) is 17.8 Å². The van der Waals surface area contributed by atoms with Crippen LogP contribution >= 0.6 is 11.6 Å². The molecule has 1 saturated heterocycles. The topological polar surface area (TPSA) is 15.3 Å². The van der Waals surface area contributed by atoms with Crippen LogP contribution in [-0.4, -0.2) is 24.0 Å². The van der Waals surface area contributed by atoms with Crippen molar-refractivity contribution in [2.45, 2.75) is 53.0 Å². The summed E-state index contributed by atoms with van der Waals surface area (Å²) in [4.78, 5) is 2.49. The fraction of sp³-hybridized carbons (Fsp3) is 0.619. The molecule has 0 saturated carbocycles. The Morgan fingerprint density at radius 1 is 1.17 bits per heavy atom. The number of benzene rings is 1. The maximum Gasteiger partial charge on any atom is 0.0658 e. The molecule has 0 radical (unpaired) electrons. The van der Waals surface area contributed by atoms with Gasteiger partial charge in [-0.25, -0.2) is 0 Å². The summed E-state index contributed by atoms with van der Waals surface area (Å²) in [7, 11) is 0. The van der Waals surface area contributed by atoms with E-state index in [0.717, 1.165) is 42.1 Å². The van der Waals surface area contributed by atoms with E-state index >= 15 is 0 Å². The summed E-state index contributed by atoms with van der Waals surface area (Å²) < 4.78 is 0. The number of halogens is 1. The fourth-order valence-corrected chi connectivity index (χ4v) is 3.70. The molecule has 1 atom stereocenters. The minimum atomic E-state index is 0.279. The molecule has 1 aromatic carbocycles. The molecule has 1 aliphatic heterocycles. The van der Waals surface area contributed by atoms with E-state index < -0.39 is 0 Å². The molecule has 2 nitrogen and oxygen atoms in total. The molecule has 24 heavy (non-hydrogen) atoms.